The molecule has 2 rings (SSSR count). The number of ether oxygens (including phenoxy) is 2. The summed E-state index contributed by atoms with van der Waals surface area (Å²) in [5.74, 6) is 0. The van der Waals surface area contributed by atoms with E-state index in [4.69, 9.17) is 15.2 Å². The summed E-state index contributed by atoms with van der Waals surface area (Å²) in [5, 5.41) is 0. The number of hydrogen-bond donors (Lipinski definition) is 1. The van der Waals surface area contributed by atoms with Gasteiger partial charge in [-0.3, -0.25) is 4.79 Å². The van der Waals surface area contributed by atoms with Crippen molar-refractivity contribution in [2.24, 2.45) is 0 Å². The van der Waals surface area contributed by atoms with Gasteiger partial charge in [0.2, 0.25) is 0 Å². The predicted molar refractivity (Wildman–Crippen MR) is 60.4 cm³/mol. The molecular formula is C11H16N2O3. The molecule has 2 atom stereocenters. The molecule has 16 heavy (non-hydrogen) atoms. The number of methoxy groups -OCH3 is 1. The predicted octanol–water partition coefficient (Wildman–Crippen LogP) is 0.407. The maximum atomic E-state index is 11.9. The summed E-state index contributed by atoms with van der Waals surface area (Å²) in [6, 6.07) is 3.40. The molecule has 1 fully saturated rings. The Bertz CT molecular complexity index is 416. The summed E-state index contributed by atoms with van der Waals surface area (Å²) in [4.78, 5) is 11.9. The van der Waals surface area contributed by atoms with E-state index in [0.29, 0.717) is 13.2 Å². The van der Waals surface area contributed by atoms with Gasteiger partial charge < -0.3 is 19.8 Å². The van der Waals surface area contributed by atoms with E-state index in [-0.39, 0.29) is 23.4 Å². The minimum Gasteiger partial charge on any atom is -0.394 e. The van der Waals surface area contributed by atoms with Crippen LogP contribution in [0.1, 0.15) is 12.5 Å². The Morgan fingerprint density at radius 3 is 3.19 bits per heavy atom. The van der Waals surface area contributed by atoms with Gasteiger partial charge in [-0.2, -0.15) is 0 Å². The second-order valence-corrected chi connectivity index (χ2v) is 3.88. The average molecular weight is 224 g/mol. The molecule has 0 aliphatic carbocycles. The first kappa shape index (κ1) is 11.2. The van der Waals surface area contributed by atoms with Crippen molar-refractivity contribution in [3.05, 3.63) is 28.7 Å². The van der Waals surface area contributed by atoms with Crippen molar-refractivity contribution in [1.29, 1.82) is 0 Å². The summed E-state index contributed by atoms with van der Waals surface area (Å²) in [7, 11) is 1.63. The van der Waals surface area contributed by atoms with Crippen LogP contribution in [0.4, 0.5) is 5.69 Å². The Kier molecular flexibility index (Phi) is 3.26. The molecule has 1 saturated heterocycles. The van der Waals surface area contributed by atoms with Gasteiger partial charge >= 0.3 is 0 Å². The third-order valence-electron chi connectivity index (χ3n) is 2.93. The van der Waals surface area contributed by atoms with Crippen LogP contribution in [0.25, 0.3) is 0 Å². The molecule has 0 spiro atoms. The highest BCUT2D eigenvalue weighted by Crippen LogP contribution is 2.22. The molecule has 0 bridgehead atoms. The number of nitrogen functional groups attached to an aromatic ring is 1. The van der Waals surface area contributed by atoms with Crippen LogP contribution in [0.2, 0.25) is 0 Å². The molecule has 0 aromatic carbocycles. The smallest absolute Gasteiger partial charge is 0.274 e. The second kappa shape index (κ2) is 4.67. The van der Waals surface area contributed by atoms with Crippen LogP contribution in [0.5, 0.6) is 0 Å². The molecule has 2 heterocycles. The Balaban J connectivity index is 2.34. The lowest BCUT2D eigenvalue weighted by atomic mass is 10.1. The third-order valence-corrected chi connectivity index (χ3v) is 2.93. The molecular weight excluding hydrogens is 208 g/mol. The zero-order valence-electron chi connectivity index (χ0n) is 9.26. The topological polar surface area (TPSA) is 66.5 Å². The van der Waals surface area contributed by atoms with E-state index in [1.807, 2.05) is 0 Å². The zero-order chi connectivity index (χ0) is 11.5. The van der Waals surface area contributed by atoms with Crippen LogP contribution in [-0.4, -0.2) is 31.0 Å². The highest BCUT2D eigenvalue weighted by Gasteiger charge is 2.27. The Labute approximate surface area is 93.8 Å². The second-order valence-electron chi connectivity index (χ2n) is 3.88. The first-order valence-electron chi connectivity index (χ1n) is 5.31. The monoisotopic (exact) mass is 224 g/mol. The Morgan fingerprint density at radius 2 is 2.44 bits per heavy atom. The van der Waals surface area contributed by atoms with Crippen molar-refractivity contribution in [3.63, 3.8) is 0 Å². The van der Waals surface area contributed by atoms with E-state index in [9.17, 15) is 4.79 Å². The van der Waals surface area contributed by atoms with Crippen molar-refractivity contribution in [1.82, 2.24) is 4.57 Å². The first-order valence-corrected chi connectivity index (χ1v) is 5.31. The van der Waals surface area contributed by atoms with Crippen LogP contribution in [0, 0.1) is 0 Å². The third kappa shape index (κ3) is 1.96. The Morgan fingerprint density at radius 1 is 1.62 bits per heavy atom. The lowest BCUT2D eigenvalue weighted by Crippen LogP contribution is -2.40. The van der Waals surface area contributed by atoms with Gasteiger partial charge in [0.15, 0.2) is 0 Å². The minimum atomic E-state index is -0.156. The maximum absolute atomic E-state index is 11.9. The van der Waals surface area contributed by atoms with Crippen LogP contribution >= 0.6 is 0 Å². The van der Waals surface area contributed by atoms with Crippen molar-refractivity contribution in [2.45, 2.75) is 18.6 Å². The average Bonchev–Trinajstić information content (AvgIpc) is 2.33. The summed E-state index contributed by atoms with van der Waals surface area (Å²) < 4.78 is 12.3. The zero-order valence-corrected chi connectivity index (χ0v) is 9.26. The summed E-state index contributed by atoms with van der Waals surface area (Å²) >= 11 is 0. The maximum Gasteiger partial charge on any atom is 0.274 e. The van der Waals surface area contributed by atoms with Crippen molar-refractivity contribution >= 4 is 5.69 Å². The molecule has 1 aliphatic heterocycles. The van der Waals surface area contributed by atoms with Gasteiger partial charge in [0.1, 0.15) is 6.10 Å². The van der Waals surface area contributed by atoms with Gasteiger partial charge in [-0.15, -0.1) is 0 Å². The van der Waals surface area contributed by atoms with E-state index in [1.54, 1.807) is 30.0 Å². The lowest BCUT2D eigenvalue weighted by Gasteiger charge is -2.31. The van der Waals surface area contributed by atoms with Gasteiger partial charge in [0, 0.05) is 19.9 Å². The number of rotatable bonds is 2. The van der Waals surface area contributed by atoms with Gasteiger partial charge in [-0.05, 0) is 18.6 Å². The first-order chi connectivity index (χ1) is 7.74. The number of nitrogens with two attached hydrogens (primary N) is 1. The largest absolute Gasteiger partial charge is 0.394 e. The highest BCUT2D eigenvalue weighted by atomic mass is 16.5. The number of pyridine rings is 1. The molecule has 0 radical (unpaired) electrons. The fourth-order valence-corrected chi connectivity index (χ4v) is 2.03. The number of nitrogens with zero attached hydrogens (tertiary/aromatic N) is 1. The van der Waals surface area contributed by atoms with Gasteiger partial charge in [-0.25, -0.2) is 0 Å². The van der Waals surface area contributed by atoms with E-state index < -0.39 is 0 Å². The molecule has 0 amide bonds. The molecule has 1 unspecified atom stereocenters. The summed E-state index contributed by atoms with van der Waals surface area (Å²) in [6.45, 7) is 1.16. The lowest BCUT2D eigenvalue weighted by molar-refractivity contribution is -0.0608. The SMILES string of the molecule is CO[C@H]1COCCC1n1cccc(N)c1=O. The number of aromatic nitrogens is 1. The normalized spacial score (nSPS) is 25.6. The summed E-state index contributed by atoms with van der Waals surface area (Å²) in [5.41, 5.74) is 5.72. The molecule has 5 heteroatoms. The molecule has 2 N–H and O–H groups in total. The molecule has 1 aromatic rings. The van der Waals surface area contributed by atoms with Crippen molar-refractivity contribution in [3.8, 4) is 0 Å². The molecule has 88 valence electrons. The van der Waals surface area contributed by atoms with Crippen LogP contribution < -0.4 is 11.3 Å². The van der Waals surface area contributed by atoms with Crippen LogP contribution in [0.3, 0.4) is 0 Å². The fourth-order valence-electron chi connectivity index (χ4n) is 2.03. The highest BCUT2D eigenvalue weighted by molar-refractivity contribution is 5.33. The molecule has 1 aromatic heterocycles. The van der Waals surface area contributed by atoms with Gasteiger partial charge in [0.05, 0.1) is 18.3 Å². The van der Waals surface area contributed by atoms with Crippen molar-refractivity contribution in [2.75, 3.05) is 26.1 Å². The fraction of sp³-hybridized carbons (Fsp3) is 0.545. The van der Waals surface area contributed by atoms with E-state index in [1.165, 1.54) is 0 Å². The van der Waals surface area contributed by atoms with Crippen LogP contribution in [-0.2, 0) is 9.47 Å². The van der Waals surface area contributed by atoms with Crippen molar-refractivity contribution < 1.29 is 9.47 Å². The van der Waals surface area contributed by atoms with E-state index >= 15 is 0 Å². The quantitative estimate of drug-likeness (QED) is 0.790. The molecule has 0 saturated carbocycles. The van der Waals surface area contributed by atoms with Crippen LogP contribution in [0.15, 0.2) is 23.1 Å². The minimum absolute atomic E-state index is 0.00903. The van der Waals surface area contributed by atoms with E-state index in [2.05, 4.69) is 0 Å². The molecule has 5 nitrogen and oxygen atoms in total. The number of hydrogen-bond acceptors (Lipinski definition) is 4. The van der Waals surface area contributed by atoms with E-state index in [0.717, 1.165) is 6.42 Å². The van der Waals surface area contributed by atoms with Gasteiger partial charge in [-0.1, -0.05) is 0 Å². The number of anilines is 1. The Hall–Kier alpha value is -1.33. The summed E-state index contributed by atoms with van der Waals surface area (Å²) in [6.07, 6.45) is 2.43. The molecule has 1 aliphatic rings. The van der Waals surface area contributed by atoms with Gasteiger partial charge in [0.25, 0.3) is 5.56 Å². The standard InChI is InChI=1S/C11H16N2O3/c1-15-10-7-16-6-4-9(10)13-5-2-3-8(12)11(13)14/h2-3,5,9-10H,4,6-7,12H2,1H3/t9?,10-/m0/s1.